The molecular formula is C11H9NO2S. The topological polar surface area (TPSA) is 50.2 Å². The molecule has 0 amide bonds. The van der Waals surface area contributed by atoms with Crippen LogP contribution in [0.4, 0.5) is 0 Å². The Morgan fingerprint density at radius 3 is 2.87 bits per heavy atom. The molecule has 0 radical (unpaired) electrons. The van der Waals surface area contributed by atoms with E-state index in [2.05, 4.69) is 4.37 Å². The van der Waals surface area contributed by atoms with Crippen LogP contribution in [0.3, 0.4) is 0 Å². The van der Waals surface area contributed by atoms with Crippen molar-refractivity contribution in [2.24, 2.45) is 0 Å². The molecule has 1 aromatic heterocycles. The number of aryl methyl sites for hydroxylation is 1. The fourth-order valence-electron chi connectivity index (χ4n) is 1.36. The number of phenols is 1. The van der Waals surface area contributed by atoms with Crippen LogP contribution >= 0.6 is 11.5 Å². The highest BCUT2D eigenvalue weighted by atomic mass is 32.1. The van der Waals surface area contributed by atoms with Crippen molar-refractivity contribution in [3.8, 4) is 17.0 Å². The van der Waals surface area contributed by atoms with E-state index < -0.39 is 0 Å². The lowest BCUT2D eigenvalue weighted by Crippen LogP contribution is -1.85. The van der Waals surface area contributed by atoms with Gasteiger partial charge in [0.15, 0.2) is 0 Å². The summed E-state index contributed by atoms with van der Waals surface area (Å²) < 4.78 is 4.19. The van der Waals surface area contributed by atoms with Crippen LogP contribution in [0.25, 0.3) is 11.3 Å². The first-order valence-electron chi connectivity index (χ1n) is 4.42. The first-order chi connectivity index (χ1) is 7.22. The molecule has 0 aliphatic heterocycles. The second-order valence-corrected chi connectivity index (χ2v) is 3.87. The summed E-state index contributed by atoms with van der Waals surface area (Å²) in [6.45, 7) is 1.92. The van der Waals surface area contributed by atoms with Crippen LogP contribution in [0, 0.1) is 6.92 Å². The van der Waals surface area contributed by atoms with Gasteiger partial charge < -0.3 is 5.11 Å². The Kier molecular flexibility index (Phi) is 2.51. The lowest BCUT2D eigenvalue weighted by molar-refractivity contribution is 0.112. The van der Waals surface area contributed by atoms with Gasteiger partial charge in [-0.3, -0.25) is 4.79 Å². The number of hydrogen-bond donors (Lipinski definition) is 1. The summed E-state index contributed by atoms with van der Waals surface area (Å²) in [4.78, 5) is 10.6. The maximum atomic E-state index is 10.6. The van der Waals surface area contributed by atoms with Gasteiger partial charge in [-0.15, -0.1) is 0 Å². The Hall–Kier alpha value is -1.68. The van der Waals surface area contributed by atoms with Crippen LogP contribution < -0.4 is 0 Å². The van der Waals surface area contributed by atoms with Crippen molar-refractivity contribution in [3.63, 3.8) is 0 Å². The van der Waals surface area contributed by atoms with E-state index in [9.17, 15) is 9.90 Å². The standard InChI is InChI=1S/C11H9NO2S/c1-7-6-15-12-11(7)9-4-8(5-13)2-3-10(9)14/h2-6,14H,1H3. The maximum absolute atomic E-state index is 10.6. The summed E-state index contributed by atoms with van der Waals surface area (Å²) in [6.07, 6.45) is 0.755. The summed E-state index contributed by atoms with van der Waals surface area (Å²) in [7, 11) is 0. The first-order valence-corrected chi connectivity index (χ1v) is 5.25. The highest BCUT2D eigenvalue weighted by molar-refractivity contribution is 7.04. The molecule has 15 heavy (non-hydrogen) atoms. The number of aldehydes is 1. The number of aromatic hydroxyl groups is 1. The summed E-state index contributed by atoms with van der Waals surface area (Å²) in [5, 5.41) is 11.6. The lowest BCUT2D eigenvalue weighted by atomic mass is 10.1. The zero-order chi connectivity index (χ0) is 10.8. The van der Waals surface area contributed by atoms with E-state index in [1.54, 1.807) is 12.1 Å². The first kappa shape index (κ1) is 9.86. The normalized spacial score (nSPS) is 10.2. The molecule has 0 saturated heterocycles. The number of benzene rings is 1. The van der Waals surface area contributed by atoms with Crippen LogP contribution in [0.2, 0.25) is 0 Å². The van der Waals surface area contributed by atoms with Crippen molar-refractivity contribution in [2.45, 2.75) is 6.92 Å². The zero-order valence-electron chi connectivity index (χ0n) is 8.10. The van der Waals surface area contributed by atoms with Gasteiger partial charge in [0.1, 0.15) is 12.0 Å². The molecule has 2 aromatic rings. The van der Waals surface area contributed by atoms with E-state index >= 15 is 0 Å². The number of aromatic nitrogens is 1. The third-order valence-electron chi connectivity index (χ3n) is 2.16. The molecule has 0 bridgehead atoms. The Labute approximate surface area is 91.2 Å². The number of phenolic OH excluding ortho intramolecular Hbond substituents is 1. The van der Waals surface area contributed by atoms with Crippen LogP contribution in [0.1, 0.15) is 15.9 Å². The van der Waals surface area contributed by atoms with Crippen molar-refractivity contribution >= 4 is 17.8 Å². The fraction of sp³-hybridized carbons (Fsp3) is 0.0909. The summed E-state index contributed by atoms with van der Waals surface area (Å²) in [6, 6.07) is 4.73. The minimum atomic E-state index is 0.148. The molecule has 2 rings (SSSR count). The smallest absolute Gasteiger partial charge is 0.150 e. The minimum absolute atomic E-state index is 0.148. The van der Waals surface area contributed by atoms with Crippen LogP contribution in [0.5, 0.6) is 5.75 Å². The number of hydrogen-bond acceptors (Lipinski definition) is 4. The maximum Gasteiger partial charge on any atom is 0.150 e. The molecule has 76 valence electrons. The minimum Gasteiger partial charge on any atom is -0.507 e. The zero-order valence-corrected chi connectivity index (χ0v) is 8.91. The third kappa shape index (κ3) is 1.76. The van der Waals surface area contributed by atoms with Crippen molar-refractivity contribution in [3.05, 3.63) is 34.7 Å². The second-order valence-electron chi connectivity index (χ2n) is 3.24. The van der Waals surface area contributed by atoms with Crippen molar-refractivity contribution in [1.82, 2.24) is 4.37 Å². The van der Waals surface area contributed by atoms with E-state index in [1.807, 2.05) is 12.3 Å². The molecule has 1 aromatic carbocycles. The van der Waals surface area contributed by atoms with Gasteiger partial charge in [0.25, 0.3) is 0 Å². The highest BCUT2D eigenvalue weighted by Gasteiger charge is 2.10. The van der Waals surface area contributed by atoms with E-state index in [1.165, 1.54) is 17.6 Å². The molecule has 1 heterocycles. The van der Waals surface area contributed by atoms with Crippen molar-refractivity contribution < 1.29 is 9.90 Å². The summed E-state index contributed by atoms with van der Waals surface area (Å²) in [5.41, 5.74) is 2.88. The Bertz CT molecular complexity index is 505. The Balaban J connectivity index is 2.61. The number of rotatable bonds is 2. The second kappa shape index (κ2) is 3.82. The molecule has 0 aliphatic rings. The predicted molar refractivity (Wildman–Crippen MR) is 59.3 cm³/mol. The van der Waals surface area contributed by atoms with Gasteiger partial charge in [0, 0.05) is 16.5 Å². The highest BCUT2D eigenvalue weighted by Crippen LogP contribution is 2.31. The number of carbonyl (C=O) groups excluding carboxylic acids is 1. The monoisotopic (exact) mass is 219 g/mol. The van der Waals surface area contributed by atoms with E-state index in [0.29, 0.717) is 11.1 Å². The van der Waals surface area contributed by atoms with Gasteiger partial charge in [-0.2, -0.15) is 4.37 Å². The van der Waals surface area contributed by atoms with Crippen LogP contribution in [-0.4, -0.2) is 15.8 Å². The van der Waals surface area contributed by atoms with Crippen LogP contribution in [-0.2, 0) is 0 Å². The molecule has 1 N–H and O–H groups in total. The molecule has 0 fully saturated rings. The van der Waals surface area contributed by atoms with Gasteiger partial charge in [0.2, 0.25) is 0 Å². The average molecular weight is 219 g/mol. The van der Waals surface area contributed by atoms with Gasteiger partial charge in [0.05, 0.1) is 5.69 Å². The Morgan fingerprint density at radius 1 is 1.47 bits per heavy atom. The largest absolute Gasteiger partial charge is 0.507 e. The summed E-state index contributed by atoms with van der Waals surface area (Å²) in [5.74, 6) is 0.148. The van der Waals surface area contributed by atoms with Crippen molar-refractivity contribution in [1.29, 1.82) is 0 Å². The number of carbonyl (C=O) groups is 1. The van der Waals surface area contributed by atoms with E-state index in [0.717, 1.165) is 17.5 Å². The molecular weight excluding hydrogens is 210 g/mol. The lowest BCUT2D eigenvalue weighted by Gasteiger charge is -2.03. The molecule has 0 unspecified atom stereocenters. The molecule has 3 nitrogen and oxygen atoms in total. The van der Waals surface area contributed by atoms with Gasteiger partial charge >= 0.3 is 0 Å². The number of nitrogens with zero attached hydrogens (tertiary/aromatic N) is 1. The van der Waals surface area contributed by atoms with Crippen molar-refractivity contribution in [2.75, 3.05) is 0 Å². The molecule has 4 heteroatoms. The Morgan fingerprint density at radius 2 is 2.27 bits per heavy atom. The fourth-order valence-corrected chi connectivity index (χ4v) is 2.03. The average Bonchev–Trinajstić information content (AvgIpc) is 2.65. The molecule has 0 saturated carbocycles. The predicted octanol–water partition coefficient (Wildman–Crippen LogP) is 2.64. The van der Waals surface area contributed by atoms with Gasteiger partial charge in [-0.05, 0) is 42.2 Å². The van der Waals surface area contributed by atoms with Crippen LogP contribution in [0.15, 0.2) is 23.6 Å². The molecule has 0 spiro atoms. The van der Waals surface area contributed by atoms with Gasteiger partial charge in [-0.1, -0.05) is 0 Å². The van der Waals surface area contributed by atoms with E-state index in [-0.39, 0.29) is 5.75 Å². The molecule has 0 atom stereocenters. The molecule has 0 aliphatic carbocycles. The summed E-state index contributed by atoms with van der Waals surface area (Å²) >= 11 is 1.33. The SMILES string of the molecule is Cc1csnc1-c1cc(C=O)ccc1O. The quantitative estimate of drug-likeness (QED) is 0.790. The third-order valence-corrected chi connectivity index (χ3v) is 2.91. The van der Waals surface area contributed by atoms with E-state index in [4.69, 9.17) is 0 Å². The van der Waals surface area contributed by atoms with Gasteiger partial charge in [-0.25, -0.2) is 0 Å².